The topological polar surface area (TPSA) is 71.3 Å². The van der Waals surface area contributed by atoms with Crippen LogP contribution in [0.4, 0.5) is 15.8 Å². The molecule has 0 unspecified atom stereocenters. The number of rotatable bonds is 5. The van der Waals surface area contributed by atoms with Crippen LogP contribution in [-0.2, 0) is 4.79 Å². The average Bonchev–Trinajstić information content (AvgIpc) is 3.05. The minimum atomic E-state index is -0.438. The van der Waals surface area contributed by atoms with Crippen molar-refractivity contribution in [1.82, 2.24) is 0 Å². The summed E-state index contributed by atoms with van der Waals surface area (Å²) in [7, 11) is 0. The molecule has 0 saturated carbocycles. The van der Waals surface area contributed by atoms with E-state index in [0.29, 0.717) is 22.7 Å². The molecule has 0 aliphatic rings. The Bertz CT molecular complexity index is 1010. The Kier molecular flexibility index (Phi) is 5.47. The summed E-state index contributed by atoms with van der Waals surface area (Å²) < 4.78 is 18.6. The predicted octanol–water partition coefficient (Wildman–Crippen LogP) is 4.63. The van der Waals surface area contributed by atoms with Crippen molar-refractivity contribution < 1.29 is 18.4 Å². The average molecular weight is 364 g/mol. The van der Waals surface area contributed by atoms with Crippen molar-refractivity contribution in [2.24, 2.45) is 0 Å². The third-order valence-electron chi connectivity index (χ3n) is 3.63. The molecule has 27 heavy (non-hydrogen) atoms. The smallest absolute Gasteiger partial charge is 0.255 e. The molecule has 0 saturated heterocycles. The summed E-state index contributed by atoms with van der Waals surface area (Å²) in [6, 6.07) is 15.6. The van der Waals surface area contributed by atoms with Crippen LogP contribution in [0, 0.1) is 12.7 Å². The largest absolute Gasteiger partial charge is 0.462 e. The molecule has 1 aromatic heterocycles. The molecule has 1 heterocycles. The highest BCUT2D eigenvalue weighted by Gasteiger charge is 2.08. The third-order valence-corrected chi connectivity index (χ3v) is 3.63. The molecule has 2 N–H and O–H groups in total. The molecule has 0 aliphatic heterocycles. The quantitative estimate of drug-likeness (QED) is 0.648. The molecule has 0 bridgehead atoms. The second kappa shape index (κ2) is 8.14. The molecule has 0 aliphatic carbocycles. The molecule has 3 aromatic rings. The maximum absolute atomic E-state index is 13.2. The van der Waals surface area contributed by atoms with Crippen LogP contribution >= 0.6 is 0 Å². The molecule has 6 heteroatoms. The fourth-order valence-corrected chi connectivity index (χ4v) is 2.39. The van der Waals surface area contributed by atoms with Crippen LogP contribution in [0.5, 0.6) is 0 Å². The second-order valence-electron chi connectivity index (χ2n) is 5.82. The first kappa shape index (κ1) is 18.1. The minimum Gasteiger partial charge on any atom is -0.462 e. The molecule has 136 valence electrons. The molecule has 2 aromatic carbocycles. The van der Waals surface area contributed by atoms with Gasteiger partial charge in [0.05, 0.1) is 0 Å². The van der Waals surface area contributed by atoms with E-state index in [0.717, 1.165) is 5.76 Å². The Labute approximate surface area is 155 Å². The van der Waals surface area contributed by atoms with Crippen molar-refractivity contribution in [1.29, 1.82) is 0 Å². The minimum absolute atomic E-state index is 0.336. The number of carbonyl (C=O) groups excluding carboxylic acids is 2. The molecular formula is C21H17FN2O3. The Morgan fingerprint density at radius 2 is 1.70 bits per heavy atom. The standard InChI is InChI=1S/C21H17FN2O3/c1-14-8-9-19(27-14)10-11-20(25)23-17-6-2-4-15(12-17)21(26)24-18-7-3-5-16(22)13-18/h2-13H,1H3,(H,23,25)(H,24,26)/b11-10+. The number of halogens is 1. The van der Waals surface area contributed by atoms with Crippen LogP contribution in [0.25, 0.3) is 6.08 Å². The summed E-state index contributed by atoms with van der Waals surface area (Å²) in [5.74, 6) is 0.135. The first-order valence-corrected chi connectivity index (χ1v) is 8.22. The zero-order valence-electron chi connectivity index (χ0n) is 14.5. The number of hydrogen-bond acceptors (Lipinski definition) is 3. The van der Waals surface area contributed by atoms with Crippen molar-refractivity contribution in [3.05, 3.63) is 89.6 Å². The van der Waals surface area contributed by atoms with Crippen molar-refractivity contribution in [2.75, 3.05) is 10.6 Å². The van der Waals surface area contributed by atoms with Gasteiger partial charge in [0, 0.05) is 23.0 Å². The Morgan fingerprint density at radius 1 is 0.963 bits per heavy atom. The molecule has 0 atom stereocenters. The number of carbonyl (C=O) groups is 2. The van der Waals surface area contributed by atoms with E-state index >= 15 is 0 Å². The fourth-order valence-electron chi connectivity index (χ4n) is 2.39. The van der Waals surface area contributed by atoms with Crippen LogP contribution in [0.3, 0.4) is 0 Å². The Morgan fingerprint density at radius 3 is 2.41 bits per heavy atom. The Balaban J connectivity index is 1.65. The molecule has 0 spiro atoms. The number of amides is 2. The van der Waals surface area contributed by atoms with Crippen molar-refractivity contribution in [3.8, 4) is 0 Å². The van der Waals surface area contributed by atoms with Crippen LogP contribution in [0.15, 0.2) is 71.2 Å². The highest BCUT2D eigenvalue weighted by molar-refractivity contribution is 6.06. The predicted molar refractivity (Wildman–Crippen MR) is 102 cm³/mol. The lowest BCUT2D eigenvalue weighted by Crippen LogP contribution is -2.13. The van der Waals surface area contributed by atoms with E-state index < -0.39 is 11.7 Å². The first-order valence-electron chi connectivity index (χ1n) is 8.22. The number of benzene rings is 2. The molecular weight excluding hydrogens is 347 g/mol. The van der Waals surface area contributed by atoms with Crippen LogP contribution in [-0.4, -0.2) is 11.8 Å². The van der Waals surface area contributed by atoms with Crippen molar-refractivity contribution in [2.45, 2.75) is 6.92 Å². The van der Waals surface area contributed by atoms with Gasteiger partial charge in [0.2, 0.25) is 5.91 Å². The van der Waals surface area contributed by atoms with Gasteiger partial charge in [0.1, 0.15) is 17.3 Å². The molecule has 5 nitrogen and oxygen atoms in total. The van der Waals surface area contributed by atoms with E-state index in [1.807, 2.05) is 6.92 Å². The highest BCUT2D eigenvalue weighted by atomic mass is 19.1. The van der Waals surface area contributed by atoms with Crippen molar-refractivity contribution in [3.63, 3.8) is 0 Å². The monoisotopic (exact) mass is 364 g/mol. The molecule has 0 radical (unpaired) electrons. The van der Waals surface area contributed by atoms with Gasteiger partial charge in [-0.15, -0.1) is 0 Å². The zero-order valence-corrected chi connectivity index (χ0v) is 14.5. The SMILES string of the molecule is Cc1ccc(/C=C/C(=O)Nc2cccc(C(=O)Nc3cccc(F)c3)c2)o1. The van der Waals surface area contributed by atoms with E-state index in [1.54, 1.807) is 42.5 Å². The lowest BCUT2D eigenvalue weighted by atomic mass is 10.1. The van der Waals surface area contributed by atoms with E-state index in [4.69, 9.17) is 4.42 Å². The summed E-state index contributed by atoms with van der Waals surface area (Å²) in [6.07, 6.45) is 2.90. The van der Waals surface area contributed by atoms with Crippen LogP contribution in [0.2, 0.25) is 0 Å². The maximum atomic E-state index is 13.2. The number of anilines is 2. The van der Waals surface area contributed by atoms with Gasteiger partial charge in [-0.2, -0.15) is 0 Å². The zero-order chi connectivity index (χ0) is 19.2. The molecule has 3 rings (SSSR count). The second-order valence-corrected chi connectivity index (χ2v) is 5.82. The summed E-state index contributed by atoms with van der Waals surface area (Å²) >= 11 is 0. The van der Waals surface area contributed by atoms with Gasteiger partial charge in [-0.1, -0.05) is 12.1 Å². The van der Waals surface area contributed by atoms with Gasteiger partial charge in [0.15, 0.2) is 0 Å². The highest BCUT2D eigenvalue weighted by Crippen LogP contribution is 2.15. The van der Waals surface area contributed by atoms with Gasteiger partial charge < -0.3 is 15.1 Å². The Hall–Kier alpha value is -3.67. The van der Waals surface area contributed by atoms with E-state index in [2.05, 4.69) is 10.6 Å². The van der Waals surface area contributed by atoms with Gasteiger partial charge in [-0.3, -0.25) is 9.59 Å². The summed E-state index contributed by atoms with van der Waals surface area (Å²) in [6.45, 7) is 1.82. The van der Waals surface area contributed by atoms with Crippen LogP contribution in [0.1, 0.15) is 21.9 Å². The van der Waals surface area contributed by atoms with Crippen LogP contribution < -0.4 is 10.6 Å². The lowest BCUT2D eigenvalue weighted by Gasteiger charge is -2.07. The summed E-state index contributed by atoms with van der Waals surface area (Å²) in [5.41, 5.74) is 1.15. The van der Waals surface area contributed by atoms with E-state index in [1.165, 1.54) is 30.3 Å². The maximum Gasteiger partial charge on any atom is 0.255 e. The van der Waals surface area contributed by atoms with Gasteiger partial charge >= 0.3 is 0 Å². The van der Waals surface area contributed by atoms with Crippen molar-refractivity contribution >= 4 is 29.3 Å². The fraction of sp³-hybridized carbons (Fsp3) is 0.0476. The summed E-state index contributed by atoms with van der Waals surface area (Å²) in [4.78, 5) is 24.3. The lowest BCUT2D eigenvalue weighted by molar-refractivity contribution is -0.111. The van der Waals surface area contributed by atoms with E-state index in [-0.39, 0.29) is 5.91 Å². The van der Waals surface area contributed by atoms with Gasteiger partial charge in [-0.25, -0.2) is 4.39 Å². The normalized spacial score (nSPS) is 10.7. The molecule has 2 amide bonds. The number of aryl methyl sites for hydroxylation is 1. The van der Waals surface area contributed by atoms with E-state index in [9.17, 15) is 14.0 Å². The summed E-state index contributed by atoms with van der Waals surface area (Å²) in [5, 5.41) is 5.29. The number of furan rings is 1. The van der Waals surface area contributed by atoms with Gasteiger partial charge in [-0.05, 0) is 61.5 Å². The third kappa shape index (κ3) is 5.15. The number of hydrogen-bond donors (Lipinski definition) is 2. The first-order chi connectivity index (χ1) is 13.0. The van der Waals surface area contributed by atoms with Gasteiger partial charge in [0.25, 0.3) is 5.91 Å². The molecule has 0 fully saturated rings. The number of nitrogens with one attached hydrogen (secondary N) is 2.